The van der Waals surface area contributed by atoms with E-state index < -0.39 is 0 Å². The number of nitrogens with one attached hydrogen (secondary N) is 1. The van der Waals surface area contributed by atoms with Gasteiger partial charge in [0.15, 0.2) is 5.96 Å². The van der Waals surface area contributed by atoms with Crippen LogP contribution in [0.2, 0.25) is 0 Å². The predicted molar refractivity (Wildman–Crippen MR) is 116 cm³/mol. The van der Waals surface area contributed by atoms with Crippen molar-refractivity contribution in [3.63, 3.8) is 0 Å². The number of aromatic nitrogens is 1. The van der Waals surface area contributed by atoms with Gasteiger partial charge in [-0.05, 0) is 25.3 Å². The average molecular weight is 490 g/mol. The van der Waals surface area contributed by atoms with Crippen LogP contribution in [0.3, 0.4) is 0 Å². The molecule has 0 bridgehead atoms. The summed E-state index contributed by atoms with van der Waals surface area (Å²) in [5.41, 5.74) is 1.03. The van der Waals surface area contributed by atoms with Crippen molar-refractivity contribution in [1.82, 2.24) is 15.2 Å². The van der Waals surface area contributed by atoms with E-state index in [2.05, 4.69) is 27.1 Å². The molecule has 2 unspecified atom stereocenters. The van der Waals surface area contributed by atoms with E-state index in [1.807, 2.05) is 19.2 Å². The Balaban J connectivity index is 0.00000261. The molecule has 1 aromatic rings. The standard InChI is InChI=1S/C19H30N4O3.HI/c1-3-10-26-18-15(6-4-8-21-18)13-22-19(20-2)23-9-12-25-17(14-23)16-7-5-11-24-16;/h4,6,8,16-17H,3,5,7,9-14H2,1-2H3,(H,20,22);1H. The largest absolute Gasteiger partial charge is 0.477 e. The van der Waals surface area contributed by atoms with Crippen molar-refractivity contribution in [3.05, 3.63) is 23.9 Å². The van der Waals surface area contributed by atoms with E-state index >= 15 is 0 Å². The fraction of sp³-hybridized carbons (Fsp3) is 0.684. The van der Waals surface area contributed by atoms with Crippen molar-refractivity contribution in [3.8, 4) is 5.88 Å². The highest BCUT2D eigenvalue weighted by atomic mass is 127. The van der Waals surface area contributed by atoms with Crippen molar-refractivity contribution in [2.75, 3.05) is 40.0 Å². The third-order valence-electron chi connectivity index (χ3n) is 4.71. The molecule has 0 radical (unpaired) electrons. The van der Waals surface area contributed by atoms with Gasteiger partial charge in [-0.3, -0.25) is 4.99 Å². The number of morpholine rings is 1. The molecule has 2 aliphatic rings. The molecule has 1 aromatic heterocycles. The van der Waals surface area contributed by atoms with Gasteiger partial charge in [-0.15, -0.1) is 24.0 Å². The number of rotatable bonds is 6. The van der Waals surface area contributed by atoms with Gasteiger partial charge in [0.25, 0.3) is 0 Å². The second-order valence-electron chi connectivity index (χ2n) is 6.62. The molecule has 2 fully saturated rings. The lowest BCUT2D eigenvalue weighted by atomic mass is 10.1. The molecule has 0 spiro atoms. The maximum Gasteiger partial charge on any atom is 0.218 e. The van der Waals surface area contributed by atoms with Crippen LogP contribution in [0, 0.1) is 0 Å². The highest BCUT2D eigenvalue weighted by Crippen LogP contribution is 2.21. The number of nitrogens with zero attached hydrogens (tertiary/aromatic N) is 3. The van der Waals surface area contributed by atoms with Crippen LogP contribution in [-0.4, -0.2) is 68.0 Å². The first kappa shape index (κ1) is 22.2. The molecule has 0 aliphatic carbocycles. The molecule has 2 atom stereocenters. The van der Waals surface area contributed by atoms with E-state index in [1.165, 1.54) is 0 Å². The van der Waals surface area contributed by atoms with Crippen molar-refractivity contribution in [2.45, 2.75) is 44.9 Å². The molecule has 0 saturated carbocycles. The van der Waals surface area contributed by atoms with E-state index in [4.69, 9.17) is 14.2 Å². The normalized spacial score (nSPS) is 23.0. The van der Waals surface area contributed by atoms with E-state index in [0.717, 1.165) is 50.5 Å². The Morgan fingerprint density at radius 3 is 2.96 bits per heavy atom. The molecule has 0 amide bonds. The van der Waals surface area contributed by atoms with Crippen LogP contribution in [0.25, 0.3) is 0 Å². The summed E-state index contributed by atoms with van der Waals surface area (Å²) in [5.74, 6) is 1.57. The van der Waals surface area contributed by atoms with Gasteiger partial charge in [0, 0.05) is 45.0 Å². The molecule has 8 heteroatoms. The zero-order chi connectivity index (χ0) is 18.2. The third kappa shape index (κ3) is 6.18. The summed E-state index contributed by atoms with van der Waals surface area (Å²) < 4.78 is 17.5. The Morgan fingerprint density at radius 2 is 2.22 bits per heavy atom. The maximum absolute atomic E-state index is 5.93. The number of aliphatic imine (C=N–C) groups is 1. The molecule has 3 rings (SSSR count). The third-order valence-corrected chi connectivity index (χ3v) is 4.71. The molecule has 2 saturated heterocycles. The summed E-state index contributed by atoms with van der Waals surface area (Å²) in [5, 5.41) is 3.44. The van der Waals surface area contributed by atoms with Crippen molar-refractivity contribution in [1.29, 1.82) is 0 Å². The first-order valence-corrected chi connectivity index (χ1v) is 9.57. The fourth-order valence-electron chi connectivity index (χ4n) is 3.38. The lowest BCUT2D eigenvalue weighted by Gasteiger charge is -2.37. The van der Waals surface area contributed by atoms with E-state index in [0.29, 0.717) is 25.6 Å². The van der Waals surface area contributed by atoms with Crippen molar-refractivity contribution < 1.29 is 14.2 Å². The summed E-state index contributed by atoms with van der Waals surface area (Å²) in [6, 6.07) is 3.97. The summed E-state index contributed by atoms with van der Waals surface area (Å²) in [6.07, 6.45) is 5.26. The second-order valence-corrected chi connectivity index (χ2v) is 6.62. The summed E-state index contributed by atoms with van der Waals surface area (Å²) >= 11 is 0. The van der Waals surface area contributed by atoms with E-state index in [9.17, 15) is 0 Å². The first-order valence-electron chi connectivity index (χ1n) is 9.57. The number of ether oxygens (including phenoxy) is 3. The van der Waals surface area contributed by atoms with Gasteiger partial charge in [0.2, 0.25) is 5.88 Å². The molecular formula is C19H31IN4O3. The smallest absolute Gasteiger partial charge is 0.218 e. The summed E-state index contributed by atoms with van der Waals surface area (Å²) in [4.78, 5) is 11.0. The molecule has 1 N–H and O–H groups in total. The average Bonchev–Trinajstić information content (AvgIpc) is 3.23. The number of halogens is 1. The van der Waals surface area contributed by atoms with Gasteiger partial charge >= 0.3 is 0 Å². The van der Waals surface area contributed by atoms with Crippen molar-refractivity contribution in [2.24, 2.45) is 4.99 Å². The van der Waals surface area contributed by atoms with Crippen LogP contribution < -0.4 is 10.1 Å². The monoisotopic (exact) mass is 490 g/mol. The van der Waals surface area contributed by atoms with Gasteiger partial charge in [0.1, 0.15) is 6.10 Å². The Morgan fingerprint density at radius 1 is 1.37 bits per heavy atom. The Labute approximate surface area is 178 Å². The topological polar surface area (TPSA) is 68.2 Å². The van der Waals surface area contributed by atoms with Gasteiger partial charge in [-0.25, -0.2) is 4.98 Å². The van der Waals surface area contributed by atoms with Gasteiger partial charge in [0.05, 0.1) is 19.3 Å². The summed E-state index contributed by atoms with van der Waals surface area (Å²) in [6.45, 7) is 6.56. The summed E-state index contributed by atoms with van der Waals surface area (Å²) in [7, 11) is 1.82. The minimum absolute atomic E-state index is 0. The Hall–Kier alpha value is -1.13. The fourth-order valence-corrected chi connectivity index (χ4v) is 3.38. The highest BCUT2D eigenvalue weighted by molar-refractivity contribution is 14.0. The lowest BCUT2D eigenvalue weighted by Crippen LogP contribution is -2.53. The van der Waals surface area contributed by atoms with Gasteiger partial charge in [-0.1, -0.05) is 13.0 Å². The Kier molecular flexibility index (Phi) is 9.57. The highest BCUT2D eigenvalue weighted by Gasteiger charge is 2.32. The molecule has 7 nitrogen and oxygen atoms in total. The molecule has 152 valence electrons. The van der Waals surface area contributed by atoms with Gasteiger partial charge < -0.3 is 24.4 Å². The number of guanidine groups is 1. The molecular weight excluding hydrogens is 459 g/mol. The van der Waals surface area contributed by atoms with E-state index in [-0.39, 0.29) is 36.2 Å². The minimum atomic E-state index is 0. The molecule has 3 heterocycles. The van der Waals surface area contributed by atoms with Gasteiger partial charge in [-0.2, -0.15) is 0 Å². The van der Waals surface area contributed by atoms with Crippen molar-refractivity contribution >= 4 is 29.9 Å². The molecule has 0 aromatic carbocycles. The zero-order valence-corrected chi connectivity index (χ0v) is 18.6. The van der Waals surface area contributed by atoms with Crippen LogP contribution >= 0.6 is 24.0 Å². The van der Waals surface area contributed by atoms with Crippen LogP contribution in [-0.2, 0) is 16.0 Å². The SMILES string of the molecule is CCCOc1ncccc1CNC(=NC)N1CCOC(C2CCCO2)C1.I. The van der Waals surface area contributed by atoms with E-state index in [1.54, 1.807) is 6.20 Å². The van der Waals surface area contributed by atoms with Crippen LogP contribution in [0.4, 0.5) is 0 Å². The molecule has 2 aliphatic heterocycles. The predicted octanol–water partition coefficient (Wildman–Crippen LogP) is 2.44. The first-order chi connectivity index (χ1) is 12.8. The maximum atomic E-state index is 5.93. The number of pyridine rings is 1. The van der Waals surface area contributed by atoms with Crippen LogP contribution in [0.1, 0.15) is 31.7 Å². The zero-order valence-electron chi connectivity index (χ0n) is 16.2. The number of hydrogen-bond donors (Lipinski definition) is 1. The minimum Gasteiger partial charge on any atom is -0.477 e. The van der Waals surface area contributed by atoms with Crippen LogP contribution in [0.15, 0.2) is 23.3 Å². The Bertz CT molecular complexity index is 596. The second kappa shape index (κ2) is 11.7. The van der Waals surface area contributed by atoms with Crippen LogP contribution in [0.5, 0.6) is 5.88 Å². The number of hydrogen-bond acceptors (Lipinski definition) is 5. The lowest BCUT2D eigenvalue weighted by molar-refractivity contribution is -0.0817. The molecule has 27 heavy (non-hydrogen) atoms. The quantitative estimate of drug-likeness (QED) is 0.376.